The number of rotatable bonds is 7. The normalized spacial score (nSPS) is 10.1. The number of nitrogens with zero attached hydrogens (tertiary/aromatic N) is 2. The quantitative estimate of drug-likeness (QED) is 0.408. The highest BCUT2D eigenvalue weighted by molar-refractivity contribution is 7.09. The third-order valence-corrected chi connectivity index (χ3v) is 4.36. The molecule has 28 heavy (non-hydrogen) atoms. The minimum absolute atomic E-state index is 0.0610. The summed E-state index contributed by atoms with van der Waals surface area (Å²) >= 11 is 1.45. The molecule has 11 heteroatoms. The highest BCUT2D eigenvalue weighted by Gasteiger charge is 2.20. The Bertz CT molecular complexity index is 882. The van der Waals surface area contributed by atoms with Gasteiger partial charge in [-0.2, -0.15) is 0 Å². The second-order valence-corrected chi connectivity index (χ2v) is 6.77. The molecular weight excluding hydrogens is 388 g/mol. The van der Waals surface area contributed by atoms with Gasteiger partial charge in [-0.3, -0.25) is 20.2 Å². The van der Waals surface area contributed by atoms with Gasteiger partial charge in [-0.05, 0) is 17.5 Å². The van der Waals surface area contributed by atoms with Gasteiger partial charge in [-0.1, -0.05) is 6.07 Å². The van der Waals surface area contributed by atoms with Crippen LogP contribution < -0.4 is 15.5 Å². The van der Waals surface area contributed by atoms with Crippen LogP contribution in [0.15, 0.2) is 35.7 Å². The highest BCUT2D eigenvalue weighted by Crippen LogP contribution is 2.24. The van der Waals surface area contributed by atoms with Gasteiger partial charge in [-0.15, -0.1) is 11.3 Å². The molecule has 10 nitrogen and oxygen atoms in total. The van der Waals surface area contributed by atoms with Crippen molar-refractivity contribution >= 4 is 40.6 Å². The first-order chi connectivity index (χ1) is 13.3. The summed E-state index contributed by atoms with van der Waals surface area (Å²) < 4.78 is 4.89. The van der Waals surface area contributed by atoms with Crippen LogP contribution in [0.25, 0.3) is 0 Å². The fraction of sp³-hybridized carbons (Fsp3) is 0.235. The van der Waals surface area contributed by atoms with Crippen LogP contribution >= 0.6 is 11.3 Å². The number of amides is 3. The molecule has 0 aliphatic carbocycles. The number of carbonyl (C=O) groups is 3. The van der Waals surface area contributed by atoms with Crippen LogP contribution in [-0.2, 0) is 16.1 Å². The van der Waals surface area contributed by atoms with Crippen molar-refractivity contribution in [3.63, 3.8) is 0 Å². The van der Waals surface area contributed by atoms with Gasteiger partial charge in [0, 0.05) is 31.1 Å². The molecule has 0 saturated carbocycles. The van der Waals surface area contributed by atoms with Gasteiger partial charge >= 0.3 is 12.0 Å². The van der Waals surface area contributed by atoms with Crippen LogP contribution in [0.5, 0.6) is 0 Å². The van der Waals surface area contributed by atoms with Crippen molar-refractivity contribution < 1.29 is 24.0 Å². The summed E-state index contributed by atoms with van der Waals surface area (Å²) in [6.07, 6.45) is 0. The fourth-order valence-electron chi connectivity index (χ4n) is 2.19. The number of anilines is 1. The van der Waals surface area contributed by atoms with Crippen molar-refractivity contribution in [3.05, 3.63) is 56.3 Å². The molecule has 0 aliphatic rings. The zero-order valence-corrected chi connectivity index (χ0v) is 15.9. The van der Waals surface area contributed by atoms with E-state index < -0.39 is 29.4 Å². The molecule has 0 saturated heterocycles. The van der Waals surface area contributed by atoms with Gasteiger partial charge in [0.2, 0.25) is 0 Å². The summed E-state index contributed by atoms with van der Waals surface area (Å²) in [5.74, 6) is -1.74. The number of hydrogen-bond acceptors (Lipinski definition) is 8. The predicted octanol–water partition coefficient (Wildman–Crippen LogP) is 1.91. The van der Waals surface area contributed by atoms with E-state index in [2.05, 4.69) is 5.32 Å². The molecule has 1 aromatic heterocycles. The maximum Gasteiger partial charge on any atom is 0.341 e. The molecule has 148 valence electrons. The molecule has 0 spiro atoms. The number of nitro groups is 1. The Morgan fingerprint density at radius 2 is 2.00 bits per heavy atom. The number of imide groups is 1. The van der Waals surface area contributed by atoms with E-state index in [1.165, 1.54) is 23.5 Å². The third kappa shape index (κ3) is 5.77. The molecule has 0 bridgehead atoms. The van der Waals surface area contributed by atoms with Gasteiger partial charge < -0.3 is 15.0 Å². The third-order valence-electron chi connectivity index (χ3n) is 3.48. The average molecular weight is 406 g/mol. The summed E-state index contributed by atoms with van der Waals surface area (Å²) in [6.45, 7) is -0.447. The highest BCUT2D eigenvalue weighted by atomic mass is 32.1. The molecule has 2 rings (SSSR count). The first-order valence-electron chi connectivity index (χ1n) is 8.01. The topological polar surface area (TPSA) is 131 Å². The van der Waals surface area contributed by atoms with Crippen molar-refractivity contribution in [1.29, 1.82) is 0 Å². The minimum atomic E-state index is -0.915. The predicted molar refractivity (Wildman–Crippen MR) is 102 cm³/mol. The fourth-order valence-corrected chi connectivity index (χ4v) is 2.83. The van der Waals surface area contributed by atoms with Gasteiger partial charge in [0.05, 0.1) is 22.7 Å². The van der Waals surface area contributed by atoms with Crippen LogP contribution in [0, 0.1) is 10.1 Å². The van der Waals surface area contributed by atoms with E-state index in [-0.39, 0.29) is 17.8 Å². The lowest BCUT2D eigenvalue weighted by molar-refractivity contribution is -0.384. The van der Waals surface area contributed by atoms with E-state index in [0.29, 0.717) is 5.69 Å². The second-order valence-electron chi connectivity index (χ2n) is 5.74. The van der Waals surface area contributed by atoms with Crippen LogP contribution in [0.3, 0.4) is 0 Å². The number of ether oxygens (including phenoxy) is 1. The van der Waals surface area contributed by atoms with E-state index in [1.807, 2.05) is 22.8 Å². The lowest BCUT2D eigenvalue weighted by atomic mass is 10.1. The Kier molecular flexibility index (Phi) is 7.04. The van der Waals surface area contributed by atoms with Gasteiger partial charge in [0.15, 0.2) is 6.61 Å². The Morgan fingerprint density at radius 3 is 2.61 bits per heavy atom. The first kappa shape index (κ1) is 20.8. The summed E-state index contributed by atoms with van der Waals surface area (Å²) in [6, 6.07) is 6.68. The summed E-state index contributed by atoms with van der Waals surface area (Å²) in [5, 5.41) is 17.3. The van der Waals surface area contributed by atoms with E-state index in [0.717, 1.165) is 10.9 Å². The molecule has 1 heterocycles. The van der Waals surface area contributed by atoms with Crippen LogP contribution in [0.1, 0.15) is 15.2 Å². The zero-order valence-electron chi connectivity index (χ0n) is 15.1. The number of non-ortho nitro benzene ring substituents is 1. The van der Waals surface area contributed by atoms with Crippen molar-refractivity contribution in [2.45, 2.75) is 6.54 Å². The number of nitro benzene ring substituents is 1. The molecule has 0 fully saturated rings. The molecule has 1 aromatic carbocycles. The molecule has 0 unspecified atom stereocenters. The zero-order chi connectivity index (χ0) is 20.7. The molecule has 3 amide bonds. The number of thiophene rings is 1. The van der Waals surface area contributed by atoms with Crippen molar-refractivity contribution in [2.24, 2.45) is 0 Å². The first-order valence-corrected chi connectivity index (χ1v) is 8.89. The van der Waals surface area contributed by atoms with Crippen LogP contribution in [-0.4, -0.2) is 43.5 Å². The van der Waals surface area contributed by atoms with E-state index in [1.54, 1.807) is 19.0 Å². The number of esters is 1. The van der Waals surface area contributed by atoms with E-state index >= 15 is 0 Å². The Hall–Kier alpha value is -3.47. The monoisotopic (exact) mass is 406 g/mol. The lowest BCUT2D eigenvalue weighted by Crippen LogP contribution is -2.41. The van der Waals surface area contributed by atoms with Crippen LogP contribution in [0.2, 0.25) is 0 Å². The molecule has 0 radical (unpaired) electrons. The van der Waals surface area contributed by atoms with Gasteiger partial charge in [0.1, 0.15) is 0 Å². The van der Waals surface area contributed by atoms with Crippen molar-refractivity contribution in [2.75, 3.05) is 25.6 Å². The summed E-state index contributed by atoms with van der Waals surface area (Å²) in [4.78, 5) is 48.5. The SMILES string of the molecule is CN(C)c1ccc([N+](=O)[O-])cc1C(=O)OCC(=O)NC(=O)NCc1cccs1. The molecule has 2 aromatic rings. The second kappa shape index (κ2) is 9.46. The molecule has 0 aliphatic heterocycles. The standard InChI is InChI=1S/C17H18N4O6S/c1-20(2)14-6-5-11(21(25)26)8-13(14)16(23)27-10-15(22)19-17(24)18-9-12-4-3-7-28-12/h3-8H,9-10H2,1-2H3,(H2,18,19,22,24). The lowest BCUT2D eigenvalue weighted by Gasteiger charge is -2.16. The maximum atomic E-state index is 12.3. The largest absolute Gasteiger partial charge is 0.452 e. The molecular formula is C17H18N4O6S. The van der Waals surface area contributed by atoms with E-state index in [4.69, 9.17) is 4.74 Å². The van der Waals surface area contributed by atoms with Gasteiger partial charge in [-0.25, -0.2) is 9.59 Å². The Morgan fingerprint density at radius 1 is 1.25 bits per heavy atom. The summed E-state index contributed by atoms with van der Waals surface area (Å²) in [7, 11) is 3.31. The molecule has 0 atom stereocenters. The number of hydrogen-bond donors (Lipinski definition) is 2. The number of urea groups is 1. The number of nitrogens with one attached hydrogen (secondary N) is 2. The van der Waals surface area contributed by atoms with Crippen molar-refractivity contribution in [3.8, 4) is 0 Å². The average Bonchev–Trinajstić information content (AvgIpc) is 3.17. The molecule has 2 N–H and O–H groups in total. The summed E-state index contributed by atoms with van der Waals surface area (Å²) in [5.41, 5.74) is 0.0498. The smallest absolute Gasteiger partial charge is 0.341 e. The van der Waals surface area contributed by atoms with Gasteiger partial charge in [0.25, 0.3) is 11.6 Å². The van der Waals surface area contributed by atoms with Crippen molar-refractivity contribution in [1.82, 2.24) is 10.6 Å². The van der Waals surface area contributed by atoms with Crippen LogP contribution in [0.4, 0.5) is 16.2 Å². The number of carbonyl (C=O) groups excluding carboxylic acids is 3. The van der Waals surface area contributed by atoms with E-state index in [9.17, 15) is 24.5 Å². The maximum absolute atomic E-state index is 12.3. The Labute approximate surface area is 164 Å². The Balaban J connectivity index is 1.91. The number of benzene rings is 1. The minimum Gasteiger partial charge on any atom is -0.452 e.